The first-order valence-electron chi connectivity index (χ1n) is 12.3. The highest BCUT2D eigenvalue weighted by Gasteiger charge is 2.31. The predicted molar refractivity (Wildman–Crippen MR) is 159 cm³/mol. The molecule has 1 atom stereocenters. The van der Waals surface area contributed by atoms with Crippen LogP contribution in [0.25, 0.3) is 6.08 Å². The summed E-state index contributed by atoms with van der Waals surface area (Å²) in [6.45, 7) is 0.229. The van der Waals surface area contributed by atoms with E-state index in [1.807, 2.05) is 30.3 Å². The third-order valence-corrected chi connectivity index (χ3v) is 7.25. The minimum atomic E-state index is -0.593. The maximum absolute atomic E-state index is 12.5. The van der Waals surface area contributed by atoms with Gasteiger partial charge in [-0.15, -0.1) is 0 Å². The number of fused-ring (bicyclic) bond motifs is 1. The zero-order valence-corrected chi connectivity index (χ0v) is 23.6. The molecule has 1 aliphatic rings. The van der Waals surface area contributed by atoms with E-state index in [4.69, 9.17) is 54.7 Å². The van der Waals surface area contributed by atoms with Crippen molar-refractivity contribution in [3.05, 3.63) is 140 Å². The number of allylic oxidation sites excluding steroid dienone is 1. The molecule has 204 valence electrons. The Morgan fingerprint density at radius 1 is 0.951 bits per heavy atom. The molecule has 0 saturated heterocycles. The van der Waals surface area contributed by atoms with Gasteiger partial charge in [-0.3, -0.25) is 0 Å². The van der Waals surface area contributed by atoms with Gasteiger partial charge < -0.3 is 19.9 Å². The number of ether oxygens (including phenoxy) is 3. The molecule has 2 N–H and O–H groups in total. The van der Waals surface area contributed by atoms with Crippen LogP contribution in [0.1, 0.15) is 28.2 Å². The van der Waals surface area contributed by atoms with E-state index in [9.17, 15) is 10.1 Å². The average molecular weight is 604 g/mol. The van der Waals surface area contributed by atoms with Crippen molar-refractivity contribution >= 4 is 46.8 Å². The molecule has 0 fully saturated rings. The van der Waals surface area contributed by atoms with Crippen LogP contribution in [0, 0.1) is 11.3 Å². The van der Waals surface area contributed by atoms with Gasteiger partial charge in [-0.1, -0.05) is 77.3 Å². The number of nitrogens with zero attached hydrogens (tertiary/aromatic N) is 1. The van der Waals surface area contributed by atoms with Gasteiger partial charge in [0.1, 0.15) is 35.5 Å². The molecule has 1 aliphatic heterocycles. The van der Waals surface area contributed by atoms with Crippen LogP contribution in [0.15, 0.2) is 102 Å². The molecule has 0 radical (unpaired) electrons. The predicted octanol–water partition coefficient (Wildman–Crippen LogP) is 8.06. The Kier molecular flexibility index (Phi) is 8.51. The smallest absolute Gasteiger partial charge is 0.336 e. The second-order valence-corrected chi connectivity index (χ2v) is 10.2. The summed E-state index contributed by atoms with van der Waals surface area (Å²) >= 11 is 18.4. The number of benzene rings is 4. The Morgan fingerprint density at radius 3 is 2.56 bits per heavy atom. The molecule has 5 rings (SSSR count). The topological polar surface area (TPSA) is 94.6 Å². The maximum Gasteiger partial charge on any atom is 0.336 e. The van der Waals surface area contributed by atoms with Gasteiger partial charge in [-0.05, 0) is 53.6 Å². The summed E-state index contributed by atoms with van der Waals surface area (Å²) in [6.07, 6.45) is 2.86. The van der Waals surface area contributed by atoms with Gasteiger partial charge in [0, 0.05) is 38.3 Å². The van der Waals surface area contributed by atoms with E-state index in [0.717, 1.165) is 11.1 Å². The molecule has 9 heteroatoms. The highest BCUT2D eigenvalue weighted by molar-refractivity contribution is 6.35. The molecule has 0 saturated carbocycles. The highest BCUT2D eigenvalue weighted by atomic mass is 35.5. The lowest BCUT2D eigenvalue weighted by Gasteiger charge is -2.27. The summed E-state index contributed by atoms with van der Waals surface area (Å²) in [6, 6.07) is 26.8. The first-order valence-corrected chi connectivity index (χ1v) is 13.5. The molecule has 0 amide bonds. The van der Waals surface area contributed by atoms with Gasteiger partial charge in [0.2, 0.25) is 5.88 Å². The summed E-state index contributed by atoms with van der Waals surface area (Å²) in [7, 11) is 0. The third kappa shape index (κ3) is 6.50. The Hall–Kier alpha value is -4.41. The number of nitrogens with two attached hydrogens (primary N) is 1. The fourth-order valence-corrected chi connectivity index (χ4v) is 5.01. The molecule has 41 heavy (non-hydrogen) atoms. The van der Waals surface area contributed by atoms with Crippen molar-refractivity contribution in [2.45, 2.75) is 12.5 Å². The summed E-state index contributed by atoms with van der Waals surface area (Å²) in [5.74, 6) is 0.0348. The van der Waals surface area contributed by atoms with E-state index in [0.29, 0.717) is 37.7 Å². The Bertz CT molecular complexity index is 1740. The van der Waals surface area contributed by atoms with Crippen molar-refractivity contribution in [1.82, 2.24) is 0 Å². The van der Waals surface area contributed by atoms with Gasteiger partial charge >= 0.3 is 5.97 Å². The average Bonchev–Trinajstić information content (AvgIpc) is 2.95. The molecule has 0 aromatic heterocycles. The lowest BCUT2D eigenvalue weighted by molar-refractivity contribution is -0.128. The van der Waals surface area contributed by atoms with Crippen LogP contribution in [-0.4, -0.2) is 5.97 Å². The second kappa shape index (κ2) is 12.4. The number of nitriles is 1. The highest BCUT2D eigenvalue weighted by Crippen LogP contribution is 2.44. The van der Waals surface area contributed by atoms with Crippen LogP contribution in [-0.2, 0) is 11.4 Å². The van der Waals surface area contributed by atoms with Crippen LogP contribution >= 0.6 is 34.8 Å². The van der Waals surface area contributed by atoms with E-state index < -0.39 is 11.9 Å². The number of rotatable bonds is 7. The number of carbonyl (C=O) groups is 1. The lowest BCUT2D eigenvalue weighted by Crippen LogP contribution is -2.21. The molecule has 1 heterocycles. The van der Waals surface area contributed by atoms with Crippen molar-refractivity contribution in [2.75, 3.05) is 0 Å². The minimum absolute atomic E-state index is 0.0358. The normalized spacial score (nSPS) is 14.2. The standard InChI is InChI=1S/C32H21Cl3N2O4/c33-22-10-8-21(28(35)15-22)18-39-23-6-3-5-20(14-23)31-25-12-11-24(16-29(25)41-32(37)26(31)17-36)40-30(38)13-9-19-4-1-2-7-27(19)34/h1-16,31H,18,37H2/b13-9+. The van der Waals surface area contributed by atoms with E-state index in [1.54, 1.807) is 60.7 Å². The minimum Gasteiger partial charge on any atom is -0.489 e. The monoisotopic (exact) mass is 602 g/mol. The van der Waals surface area contributed by atoms with Crippen LogP contribution < -0.4 is 19.9 Å². The van der Waals surface area contributed by atoms with Crippen molar-refractivity contribution in [3.8, 4) is 23.3 Å². The first kappa shape index (κ1) is 28.1. The maximum atomic E-state index is 12.5. The van der Waals surface area contributed by atoms with E-state index in [2.05, 4.69) is 6.07 Å². The lowest BCUT2D eigenvalue weighted by atomic mass is 9.83. The Balaban J connectivity index is 1.38. The molecule has 4 aromatic rings. The molecular formula is C32H21Cl3N2O4. The van der Waals surface area contributed by atoms with Crippen molar-refractivity contribution in [3.63, 3.8) is 0 Å². The first-order chi connectivity index (χ1) is 19.8. The van der Waals surface area contributed by atoms with Gasteiger partial charge in [0.25, 0.3) is 0 Å². The molecule has 0 aliphatic carbocycles. The second-order valence-electron chi connectivity index (χ2n) is 9.00. The molecule has 1 unspecified atom stereocenters. The molecule has 0 bridgehead atoms. The van der Waals surface area contributed by atoms with Gasteiger partial charge in [-0.2, -0.15) is 5.26 Å². The van der Waals surface area contributed by atoms with Gasteiger partial charge in [0.05, 0.1) is 5.92 Å². The van der Waals surface area contributed by atoms with E-state index in [-0.39, 0.29) is 23.8 Å². The van der Waals surface area contributed by atoms with Crippen LogP contribution in [0.5, 0.6) is 17.2 Å². The zero-order valence-electron chi connectivity index (χ0n) is 21.3. The quantitative estimate of drug-likeness (QED) is 0.130. The van der Waals surface area contributed by atoms with Crippen LogP contribution in [0.4, 0.5) is 0 Å². The molecule has 0 spiro atoms. The number of hydrogen-bond donors (Lipinski definition) is 1. The van der Waals surface area contributed by atoms with E-state index in [1.165, 1.54) is 6.08 Å². The summed E-state index contributed by atoms with van der Waals surface area (Å²) < 4.78 is 17.2. The Morgan fingerprint density at radius 2 is 1.78 bits per heavy atom. The Labute approximate surface area is 251 Å². The number of carbonyl (C=O) groups excluding carboxylic acids is 1. The van der Waals surface area contributed by atoms with Gasteiger partial charge in [-0.25, -0.2) is 4.79 Å². The number of hydrogen-bond acceptors (Lipinski definition) is 6. The van der Waals surface area contributed by atoms with Crippen molar-refractivity contribution in [2.24, 2.45) is 5.73 Å². The molecule has 4 aromatic carbocycles. The number of halogens is 3. The fraction of sp³-hybridized carbons (Fsp3) is 0.0625. The zero-order chi connectivity index (χ0) is 28.9. The fourth-order valence-electron chi connectivity index (χ4n) is 4.34. The van der Waals surface area contributed by atoms with Gasteiger partial charge in [0.15, 0.2) is 0 Å². The van der Waals surface area contributed by atoms with Crippen molar-refractivity contribution < 1.29 is 19.0 Å². The van der Waals surface area contributed by atoms with E-state index >= 15 is 0 Å². The SMILES string of the molecule is N#CC1=C(N)Oc2cc(OC(=O)/C=C/c3ccccc3Cl)ccc2C1c1cccc(OCc2ccc(Cl)cc2Cl)c1. The molecule has 6 nitrogen and oxygen atoms in total. The third-order valence-electron chi connectivity index (χ3n) is 6.31. The molecular weight excluding hydrogens is 583 g/mol. The summed E-state index contributed by atoms with van der Waals surface area (Å²) in [5, 5.41) is 11.5. The number of esters is 1. The largest absolute Gasteiger partial charge is 0.489 e. The van der Waals surface area contributed by atoms with Crippen LogP contribution in [0.2, 0.25) is 15.1 Å². The van der Waals surface area contributed by atoms with Crippen LogP contribution in [0.3, 0.4) is 0 Å². The van der Waals surface area contributed by atoms with Crippen molar-refractivity contribution in [1.29, 1.82) is 5.26 Å². The summed E-state index contributed by atoms with van der Waals surface area (Å²) in [5.41, 5.74) is 9.32. The summed E-state index contributed by atoms with van der Waals surface area (Å²) in [4.78, 5) is 12.5.